The van der Waals surface area contributed by atoms with Crippen LogP contribution in [0.4, 0.5) is 21.9 Å². The highest BCUT2D eigenvalue weighted by Gasteiger charge is 2.19. The number of rotatable bonds is 6. The van der Waals surface area contributed by atoms with Crippen molar-refractivity contribution >= 4 is 56.8 Å². The number of carbonyl (C=O) groups is 2. The van der Waals surface area contributed by atoms with Crippen LogP contribution in [0.3, 0.4) is 0 Å². The van der Waals surface area contributed by atoms with Gasteiger partial charge in [0.25, 0.3) is 11.6 Å². The summed E-state index contributed by atoms with van der Waals surface area (Å²) >= 11 is 4.51. The van der Waals surface area contributed by atoms with Crippen LogP contribution in [0.2, 0.25) is 0 Å². The predicted octanol–water partition coefficient (Wildman–Crippen LogP) is 7.11. The second kappa shape index (κ2) is 10.7. The minimum atomic E-state index is -0.611. The fourth-order valence-corrected chi connectivity index (χ4v) is 3.94. The quantitative estimate of drug-likeness (QED) is 0.253. The van der Waals surface area contributed by atoms with Crippen molar-refractivity contribution in [1.29, 1.82) is 0 Å². The Morgan fingerprint density at radius 3 is 2.12 bits per heavy atom. The number of ether oxygens (including phenoxy) is 1. The normalized spacial score (nSPS) is 10.9. The molecule has 34 heavy (non-hydrogen) atoms. The van der Waals surface area contributed by atoms with Crippen LogP contribution in [0.15, 0.2) is 81.0 Å². The zero-order valence-electron chi connectivity index (χ0n) is 18.6. The standard InChI is InChI=1S/C24H22BrN3O5S/c1-24(2,3)33-23(30)27-18-9-11-19(12-10-18)34-21-13-4-15(14-20(21)28(31)32)22(29)26-17-7-5-16(25)6-8-17/h4-14H,1-3H3,(H,26,29)(H,27,30). The number of nitro benzene ring substituents is 1. The molecular formula is C24H22BrN3O5S. The van der Waals surface area contributed by atoms with Gasteiger partial charge in [0.15, 0.2) is 0 Å². The predicted molar refractivity (Wildman–Crippen MR) is 136 cm³/mol. The summed E-state index contributed by atoms with van der Waals surface area (Å²) in [5, 5.41) is 17.0. The Morgan fingerprint density at radius 1 is 0.941 bits per heavy atom. The number of benzene rings is 3. The molecule has 2 amide bonds. The van der Waals surface area contributed by atoms with Crippen LogP contribution in [-0.2, 0) is 4.74 Å². The van der Waals surface area contributed by atoms with Gasteiger partial charge in [-0.15, -0.1) is 0 Å². The van der Waals surface area contributed by atoms with E-state index in [0.717, 1.165) is 9.37 Å². The van der Waals surface area contributed by atoms with Crippen LogP contribution in [-0.4, -0.2) is 22.5 Å². The van der Waals surface area contributed by atoms with Gasteiger partial charge in [-0.05, 0) is 81.4 Å². The third-order valence-corrected chi connectivity index (χ3v) is 5.85. The number of nitrogens with one attached hydrogen (secondary N) is 2. The van der Waals surface area contributed by atoms with Gasteiger partial charge in [-0.25, -0.2) is 4.79 Å². The summed E-state index contributed by atoms with van der Waals surface area (Å²) in [6.07, 6.45) is -0.569. The number of nitrogens with zero attached hydrogens (tertiary/aromatic N) is 1. The van der Waals surface area contributed by atoms with E-state index in [9.17, 15) is 19.7 Å². The first-order valence-corrected chi connectivity index (χ1v) is 11.7. The van der Waals surface area contributed by atoms with Crippen molar-refractivity contribution in [2.75, 3.05) is 10.6 Å². The Labute approximate surface area is 209 Å². The molecule has 0 atom stereocenters. The van der Waals surface area contributed by atoms with E-state index >= 15 is 0 Å². The molecule has 0 aliphatic carbocycles. The SMILES string of the molecule is CC(C)(C)OC(=O)Nc1ccc(Sc2ccc(C(=O)Nc3ccc(Br)cc3)cc2[N+](=O)[O-])cc1. The van der Waals surface area contributed by atoms with Crippen molar-refractivity contribution in [1.82, 2.24) is 0 Å². The average molecular weight is 544 g/mol. The van der Waals surface area contributed by atoms with E-state index in [1.807, 2.05) is 0 Å². The molecule has 0 aliphatic rings. The van der Waals surface area contributed by atoms with Crippen LogP contribution in [0, 0.1) is 10.1 Å². The molecule has 0 spiro atoms. The Kier molecular flexibility index (Phi) is 7.95. The van der Waals surface area contributed by atoms with Gasteiger partial charge in [0, 0.05) is 32.4 Å². The second-order valence-corrected chi connectivity index (χ2v) is 10.2. The van der Waals surface area contributed by atoms with Gasteiger partial charge in [-0.3, -0.25) is 20.2 Å². The molecule has 0 bridgehead atoms. The molecule has 10 heteroatoms. The van der Waals surface area contributed by atoms with E-state index in [4.69, 9.17) is 4.74 Å². The monoisotopic (exact) mass is 543 g/mol. The van der Waals surface area contributed by atoms with Gasteiger partial charge >= 0.3 is 6.09 Å². The lowest BCUT2D eigenvalue weighted by atomic mass is 10.2. The van der Waals surface area contributed by atoms with Crippen LogP contribution < -0.4 is 10.6 Å². The molecule has 2 N–H and O–H groups in total. The Balaban J connectivity index is 1.72. The van der Waals surface area contributed by atoms with Gasteiger partial charge in [0.05, 0.1) is 9.82 Å². The summed E-state index contributed by atoms with van der Waals surface area (Å²) in [4.78, 5) is 36.7. The van der Waals surface area contributed by atoms with E-state index in [-0.39, 0.29) is 11.3 Å². The van der Waals surface area contributed by atoms with Crippen molar-refractivity contribution in [3.63, 3.8) is 0 Å². The Bertz CT molecular complexity index is 1210. The molecule has 0 aliphatic heterocycles. The van der Waals surface area contributed by atoms with Gasteiger partial charge in [-0.2, -0.15) is 0 Å². The lowest BCUT2D eigenvalue weighted by Crippen LogP contribution is -2.27. The van der Waals surface area contributed by atoms with Crippen molar-refractivity contribution in [2.45, 2.75) is 36.2 Å². The third kappa shape index (κ3) is 7.32. The lowest BCUT2D eigenvalue weighted by molar-refractivity contribution is -0.387. The van der Waals surface area contributed by atoms with Crippen molar-refractivity contribution in [3.8, 4) is 0 Å². The first-order valence-electron chi connectivity index (χ1n) is 10.1. The minimum absolute atomic E-state index is 0.176. The lowest BCUT2D eigenvalue weighted by Gasteiger charge is -2.19. The van der Waals surface area contributed by atoms with Crippen LogP contribution in [0.25, 0.3) is 0 Å². The van der Waals surface area contributed by atoms with Gasteiger partial charge < -0.3 is 10.1 Å². The van der Waals surface area contributed by atoms with Crippen LogP contribution >= 0.6 is 27.7 Å². The molecule has 3 aromatic rings. The smallest absolute Gasteiger partial charge is 0.412 e. The topological polar surface area (TPSA) is 111 Å². The molecule has 3 aromatic carbocycles. The largest absolute Gasteiger partial charge is 0.444 e. The van der Waals surface area contributed by atoms with Crippen molar-refractivity contribution in [3.05, 3.63) is 86.9 Å². The molecule has 0 fully saturated rings. The van der Waals surface area contributed by atoms with Gasteiger partial charge in [0.1, 0.15) is 5.60 Å². The zero-order chi connectivity index (χ0) is 24.9. The molecule has 0 radical (unpaired) electrons. The molecule has 3 rings (SSSR count). The number of amides is 2. The molecule has 0 aromatic heterocycles. The molecule has 176 valence electrons. The number of hydrogen-bond donors (Lipinski definition) is 2. The summed E-state index contributed by atoms with van der Waals surface area (Å²) in [5.41, 5.74) is 0.503. The van der Waals surface area contributed by atoms with Crippen LogP contribution in [0.5, 0.6) is 0 Å². The molecular weight excluding hydrogens is 522 g/mol. The first-order chi connectivity index (χ1) is 16.0. The van der Waals surface area contributed by atoms with E-state index in [0.29, 0.717) is 16.3 Å². The fourth-order valence-electron chi connectivity index (χ4n) is 2.78. The highest BCUT2D eigenvalue weighted by atomic mass is 79.9. The summed E-state index contributed by atoms with van der Waals surface area (Å²) in [6, 6.07) is 18.2. The zero-order valence-corrected chi connectivity index (χ0v) is 21.0. The van der Waals surface area contributed by atoms with Crippen LogP contribution in [0.1, 0.15) is 31.1 Å². The number of halogens is 1. The van der Waals surface area contributed by atoms with E-state index in [2.05, 4.69) is 26.6 Å². The first kappa shape index (κ1) is 25.3. The Morgan fingerprint density at radius 2 is 1.53 bits per heavy atom. The van der Waals surface area contributed by atoms with Gasteiger partial charge in [0.2, 0.25) is 0 Å². The molecule has 0 saturated carbocycles. The second-order valence-electron chi connectivity index (χ2n) is 8.15. The maximum atomic E-state index is 12.6. The van der Waals surface area contributed by atoms with Gasteiger partial charge in [-0.1, -0.05) is 27.7 Å². The third-order valence-electron chi connectivity index (χ3n) is 4.25. The van der Waals surface area contributed by atoms with E-state index < -0.39 is 22.5 Å². The minimum Gasteiger partial charge on any atom is -0.444 e. The molecule has 0 saturated heterocycles. The summed E-state index contributed by atoms with van der Waals surface area (Å²) < 4.78 is 6.09. The molecule has 0 unspecified atom stereocenters. The van der Waals surface area contributed by atoms with E-state index in [1.54, 1.807) is 81.4 Å². The average Bonchev–Trinajstić information content (AvgIpc) is 2.75. The maximum absolute atomic E-state index is 12.6. The highest BCUT2D eigenvalue weighted by Crippen LogP contribution is 2.36. The summed E-state index contributed by atoms with van der Waals surface area (Å²) in [6.45, 7) is 5.32. The highest BCUT2D eigenvalue weighted by molar-refractivity contribution is 9.10. The summed E-state index contributed by atoms with van der Waals surface area (Å²) in [7, 11) is 0. The molecule has 0 heterocycles. The summed E-state index contributed by atoms with van der Waals surface area (Å²) in [5.74, 6) is -0.445. The fraction of sp³-hybridized carbons (Fsp3) is 0.167. The number of anilines is 2. The van der Waals surface area contributed by atoms with E-state index in [1.165, 1.54) is 17.8 Å². The Hall–Kier alpha value is -3.37. The van der Waals surface area contributed by atoms with Crippen molar-refractivity contribution in [2.24, 2.45) is 0 Å². The maximum Gasteiger partial charge on any atom is 0.412 e. The number of nitro groups is 1. The number of carbonyl (C=O) groups excluding carboxylic acids is 2. The number of hydrogen-bond acceptors (Lipinski definition) is 6. The van der Waals surface area contributed by atoms with Crippen molar-refractivity contribution < 1.29 is 19.2 Å². The molecule has 8 nitrogen and oxygen atoms in total.